The number of hydrogen-bond donors (Lipinski definition) is 0. The van der Waals surface area contributed by atoms with E-state index < -0.39 is 0 Å². The molecule has 1 heterocycles. The summed E-state index contributed by atoms with van der Waals surface area (Å²) in [5.74, 6) is 1.91. The van der Waals surface area contributed by atoms with Crippen molar-refractivity contribution < 1.29 is 4.79 Å². The molecule has 4 heteroatoms. The first-order chi connectivity index (χ1) is 6.64. The van der Waals surface area contributed by atoms with Crippen LogP contribution in [0.1, 0.15) is 26.7 Å². The molecule has 2 nitrogen and oxygen atoms in total. The smallest absolute Gasteiger partial charge is 0.238 e. The van der Waals surface area contributed by atoms with E-state index in [0.717, 1.165) is 25.1 Å². The summed E-state index contributed by atoms with van der Waals surface area (Å²) in [5.41, 5.74) is 0. The van der Waals surface area contributed by atoms with Crippen LogP contribution in [-0.4, -0.2) is 40.3 Å². The molecular formula is C10H18ClNOS. The quantitative estimate of drug-likeness (QED) is 0.698. The molecule has 0 aromatic heterocycles. The van der Waals surface area contributed by atoms with Crippen molar-refractivity contribution in [2.45, 2.75) is 31.4 Å². The summed E-state index contributed by atoms with van der Waals surface area (Å²) in [6.07, 6.45) is 2.17. The highest BCUT2D eigenvalue weighted by Gasteiger charge is 2.39. The van der Waals surface area contributed by atoms with E-state index in [1.54, 1.807) is 11.8 Å². The molecule has 1 aliphatic rings. The molecule has 0 radical (unpaired) electrons. The van der Waals surface area contributed by atoms with E-state index in [9.17, 15) is 4.79 Å². The van der Waals surface area contributed by atoms with E-state index in [1.807, 2.05) is 11.8 Å². The molecular weight excluding hydrogens is 218 g/mol. The Morgan fingerprint density at radius 1 is 1.64 bits per heavy atom. The number of nitrogens with zero attached hydrogens (tertiary/aromatic N) is 1. The Hall–Kier alpha value is 0.110. The molecule has 0 aliphatic carbocycles. The zero-order valence-electron chi connectivity index (χ0n) is 8.88. The summed E-state index contributed by atoms with van der Waals surface area (Å²) >= 11 is 7.46. The molecule has 0 N–H and O–H groups in total. The number of amides is 1. The second-order valence-corrected chi connectivity index (χ2v) is 5.73. The Kier molecular flexibility index (Phi) is 4.58. The molecule has 0 bridgehead atoms. The van der Waals surface area contributed by atoms with Crippen molar-refractivity contribution in [1.82, 2.24) is 4.90 Å². The zero-order chi connectivity index (χ0) is 10.6. The van der Waals surface area contributed by atoms with E-state index in [-0.39, 0.29) is 10.7 Å². The zero-order valence-corrected chi connectivity index (χ0v) is 10.5. The fourth-order valence-corrected chi connectivity index (χ4v) is 3.27. The summed E-state index contributed by atoms with van der Waals surface area (Å²) in [6, 6.07) is 0. The minimum atomic E-state index is -0.179. The third kappa shape index (κ3) is 2.57. The first-order valence-electron chi connectivity index (χ1n) is 5.13. The predicted molar refractivity (Wildman–Crippen MR) is 63.1 cm³/mol. The highest BCUT2D eigenvalue weighted by atomic mass is 35.5. The minimum Gasteiger partial charge on any atom is -0.341 e. The Bertz CT molecular complexity index is 204. The number of carbonyl (C=O) groups excluding carboxylic acids is 1. The fourth-order valence-electron chi connectivity index (χ4n) is 1.79. The van der Waals surface area contributed by atoms with Gasteiger partial charge in [-0.25, -0.2) is 0 Å². The van der Waals surface area contributed by atoms with Crippen molar-refractivity contribution in [3.63, 3.8) is 0 Å². The lowest BCUT2D eigenvalue weighted by Gasteiger charge is -2.29. The molecule has 14 heavy (non-hydrogen) atoms. The number of hydrogen-bond acceptors (Lipinski definition) is 2. The SMILES string of the molecule is CCN(CCCl)C(=O)C1(C)CCCS1. The van der Waals surface area contributed by atoms with Crippen LogP contribution in [-0.2, 0) is 4.79 Å². The van der Waals surface area contributed by atoms with Crippen molar-refractivity contribution in [1.29, 1.82) is 0 Å². The second-order valence-electron chi connectivity index (χ2n) is 3.76. The van der Waals surface area contributed by atoms with Crippen molar-refractivity contribution in [3.05, 3.63) is 0 Å². The van der Waals surface area contributed by atoms with Crippen LogP contribution in [0.4, 0.5) is 0 Å². The number of halogens is 1. The highest BCUT2D eigenvalue weighted by molar-refractivity contribution is 8.01. The molecule has 82 valence electrons. The van der Waals surface area contributed by atoms with Crippen LogP contribution in [0, 0.1) is 0 Å². The van der Waals surface area contributed by atoms with Gasteiger partial charge in [-0.15, -0.1) is 23.4 Å². The van der Waals surface area contributed by atoms with Crippen molar-refractivity contribution >= 4 is 29.3 Å². The average Bonchev–Trinajstić information content (AvgIpc) is 2.62. The van der Waals surface area contributed by atoms with Gasteiger partial charge >= 0.3 is 0 Å². The maximum Gasteiger partial charge on any atom is 0.238 e. The van der Waals surface area contributed by atoms with Crippen molar-refractivity contribution in [2.24, 2.45) is 0 Å². The van der Waals surface area contributed by atoms with E-state index in [1.165, 1.54) is 0 Å². The molecule has 1 aliphatic heterocycles. The van der Waals surface area contributed by atoms with Gasteiger partial charge in [0.05, 0.1) is 4.75 Å². The summed E-state index contributed by atoms with van der Waals surface area (Å²) < 4.78 is -0.179. The first kappa shape index (κ1) is 12.2. The lowest BCUT2D eigenvalue weighted by molar-refractivity contribution is -0.133. The van der Waals surface area contributed by atoms with Crippen LogP contribution in [0.5, 0.6) is 0 Å². The van der Waals surface area contributed by atoms with Crippen LogP contribution in [0.3, 0.4) is 0 Å². The normalized spacial score (nSPS) is 26.5. The molecule has 0 spiro atoms. The molecule has 0 aromatic carbocycles. The van der Waals surface area contributed by atoms with Gasteiger partial charge in [-0.3, -0.25) is 4.79 Å². The van der Waals surface area contributed by atoms with E-state index in [0.29, 0.717) is 12.4 Å². The van der Waals surface area contributed by atoms with E-state index in [4.69, 9.17) is 11.6 Å². The number of carbonyl (C=O) groups is 1. The predicted octanol–water partition coefficient (Wildman–Crippen LogP) is 2.36. The molecule has 1 fully saturated rings. The van der Waals surface area contributed by atoms with Crippen LogP contribution in [0.15, 0.2) is 0 Å². The molecule has 1 unspecified atom stereocenters. The third-order valence-electron chi connectivity index (χ3n) is 2.69. The lowest BCUT2D eigenvalue weighted by Crippen LogP contribution is -2.44. The largest absolute Gasteiger partial charge is 0.341 e. The number of rotatable bonds is 4. The van der Waals surface area contributed by atoms with Crippen LogP contribution in [0.25, 0.3) is 0 Å². The average molecular weight is 236 g/mol. The van der Waals surface area contributed by atoms with E-state index >= 15 is 0 Å². The maximum atomic E-state index is 12.1. The Labute approximate surface area is 95.4 Å². The molecule has 0 saturated carbocycles. The topological polar surface area (TPSA) is 20.3 Å². The van der Waals surface area contributed by atoms with Crippen LogP contribution < -0.4 is 0 Å². The summed E-state index contributed by atoms with van der Waals surface area (Å²) in [7, 11) is 0. The molecule has 1 atom stereocenters. The maximum absolute atomic E-state index is 12.1. The van der Waals surface area contributed by atoms with Crippen molar-refractivity contribution in [2.75, 3.05) is 24.7 Å². The standard InChI is InChI=1S/C10H18ClNOS/c1-3-12(7-6-11)9(13)10(2)5-4-8-14-10/h3-8H2,1-2H3. The van der Waals surface area contributed by atoms with Crippen LogP contribution in [0.2, 0.25) is 0 Å². The monoisotopic (exact) mass is 235 g/mol. The van der Waals surface area contributed by atoms with E-state index in [2.05, 4.69) is 6.92 Å². The molecule has 1 rings (SSSR count). The molecule has 0 aromatic rings. The van der Waals surface area contributed by atoms with Gasteiger partial charge in [-0.05, 0) is 32.4 Å². The van der Waals surface area contributed by atoms with Gasteiger partial charge in [0, 0.05) is 19.0 Å². The summed E-state index contributed by atoms with van der Waals surface area (Å²) in [4.78, 5) is 14.0. The van der Waals surface area contributed by atoms with Gasteiger partial charge in [0.25, 0.3) is 0 Å². The summed E-state index contributed by atoms with van der Waals surface area (Å²) in [5, 5.41) is 0. The van der Waals surface area contributed by atoms with Gasteiger partial charge in [-0.1, -0.05) is 0 Å². The van der Waals surface area contributed by atoms with Gasteiger partial charge in [0.1, 0.15) is 0 Å². The third-order valence-corrected chi connectivity index (χ3v) is 4.37. The fraction of sp³-hybridized carbons (Fsp3) is 0.900. The van der Waals surface area contributed by atoms with Gasteiger partial charge < -0.3 is 4.90 Å². The molecule has 1 amide bonds. The van der Waals surface area contributed by atoms with Gasteiger partial charge in [-0.2, -0.15) is 0 Å². The number of thioether (sulfide) groups is 1. The second kappa shape index (κ2) is 5.26. The highest BCUT2D eigenvalue weighted by Crippen LogP contribution is 2.39. The minimum absolute atomic E-state index is 0.179. The molecule has 1 saturated heterocycles. The Balaban J connectivity index is 2.61. The summed E-state index contributed by atoms with van der Waals surface area (Å²) in [6.45, 7) is 5.51. The van der Waals surface area contributed by atoms with Crippen molar-refractivity contribution in [3.8, 4) is 0 Å². The first-order valence-corrected chi connectivity index (χ1v) is 6.65. The van der Waals surface area contributed by atoms with Gasteiger partial charge in [0.15, 0.2) is 0 Å². The number of alkyl halides is 1. The van der Waals surface area contributed by atoms with Crippen LogP contribution >= 0.6 is 23.4 Å². The van der Waals surface area contributed by atoms with Gasteiger partial charge in [0.2, 0.25) is 5.91 Å². The lowest BCUT2D eigenvalue weighted by atomic mass is 10.0. The Morgan fingerprint density at radius 2 is 2.36 bits per heavy atom. The Morgan fingerprint density at radius 3 is 2.79 bits per heavy atom.